The highest BCUT2D eigenvalue weighted by molar-refractivity contribution is 5.17. The summed E-state index contributed by atoms with van der Waals surface area (Å²) in [5.41, 5.74) is 1.01. The molecule has 0 radical (unpaired) electrons. The molecule has 1 aromatic carbocycles. The van der Waals surface area contributed by atoms with Crippen molar-refractivity contribution in [2.24, 2.45) is 0 Å². The quantitative estimate of drug-likeness (QED) is 0.888. The molecule has 2 atom stereocenters. The maximum absolute atomic E-state index is 10.1. The Bertz CT molecular complexity index is 342. The molecular formula is C15H23NO2. The van der Waals surface area contributed by atoms with Crippen molar-refractivity contribution in [3.63, 3.8) is 0 Å². The first-order chi connectivity index (χ1) is 8.75. The highest BCUT2D eigenvalue weighted by Gasteiger charge is 2.16. The highest BCUT2D eigenvalue weighted by Crippen LogP contribution is 2.17. The van der Waals surface area contributed by atoms with Gasteiger partial charge in [-0.2, -0.15) is 0 Å². The summed E-state index contributed by atoms with van der Waals surface area (Å²) < 4.78 is 5.62. The Hall–Kier alpha value is -0.900. The molecule has 3 nitrogen and oxygen atoms in total. The van der Waals surface area contributed by atoms with Crippen LogP contribution in [0.2, 0.25) is 0 Å². The van der Waals surface area contributed by atoms with Gasteiger partial charge in [-0.05, 0) is 25.3 Å². The van der Waals surface area contributed by atoms with Crippen molar-refractivity contribution >= 4 is 0 Å². The Morgan fingerprint density at radius 1 is 1.39 bits per heavy atom. The monoisotopic (exact) mass is 249 g/mol. The lowest BCUT2D eigenvalue weighted by atomic mass is 10.1. The average molecular weight is 249 g/mol. The zero-order valence-corrected chi connectivity index (χ0v) is 11.1. The van der Waals surface area contributed by atoms with Crippen LogP contribution in [0.5, 0.6) is 0 Å². The number of benzene rings is 1. The molecule has 1 heterocycles. The lowest BCUT2D eigenvalue weighted by molar-refractivity contribution is 0.0644. The molecule has 2 rings (SSSR count). The van der Waals surface area contributed by atoms with Gasteiger partial charge in [0.1, 0.15) is 0 Å². The second kappa shape index (κ2) is 6.88. The number of nitrogens with zero attached hydrogens (tertiary/aromatic N) is 1. The van der Waals surface area contributed by atoms with Crippen LogP contribution in [0.25, 0.3) is 0 Å². The molecular weight excluding hydrogens is 226 g/mol. The zero-order valence-electron chi connectivity index (χ0n) is 11.1. The van der Waals surface area contributed by atoms with Gasteiger partial charge in [-0.25, -0.2) is 0 Å². The lowest BCUT2D eigenvalue weighted by Crippen LogP contribution is -2.31. The Morgan fingerprint density at radius 3 is 2.94 bits per heavy atom. The first-order valence-electron chi connectivity index (χ1n) is 6.82. The van der Waals surface area contributed by atoms with Crippen LogP contribution in [-0.4, -0.2) is 42.4 Å². The van der Waals surface area contributed by atoms with Crippen molar-refractivity contribution in [2.45, 2.75) is 32.0 Å². The van der Waals surface area contributed by atoms with E-state index >= 15 is 0 Å². The van der Waals surface area contributed by atoms with Gasteiger partial charge in [0, 0.05) is 26.2 Å². The van der Waals surface area contributed by atoms with Crippen LogP contribution in [0.15, 0.2) is 30.3 Å². The van der Waals surface area contributed by atoms with Gasteiger partial charge in [0.15, 0.2) is 0 Å². The van der Waals surface area contributed by atoms with E-state index < -0.39 is 0 Å². The van der Waals surface area contributed by atoms with Crippen molar-refractivity contribution in [3.05, 3.63) is 35.9 Å². The number of aliphatic hydroxyl groups is 1. The molecule has 0 aliphatic carbocycles. The third kappa shape index (κ3) is 4.09. The van der Waals surface area contributed by atoms with Crippen LogP contribution in [0.1, 0.15) is 31.4 Å². The molecule has 1 aromatic rings. The molecule has 0 aromatic heterocycles. The van der Waals surface area contributed by atoms with Crippen molar-refractivity contribution < 1.29 is 9.84 Å². The standard InChI is InChI=1S/C15H23NO2/c1-13-12-16(9-5-11-18-13)10-8-15(17)14-6-3-2-4-7-14/h2-4,6-7,13,15,17H,5,8-12H2,1H3. The fourth-order valence-electron chi connectivity index (χ4n) is 2.43. The lowest BCUT2D eigenvalue weighted by Gasteiger charge is -2.23. The summed E-state index contributed by atoms with van der Waals surface area (Å²) in [6.45, 7) is 5.96. The molecule has 1 aliphatic heterocycles. The molecule has 0 bridgehead atoms. The maximum atomic E-state index is 10.1. The fraction of sp³-hybridized carbons (Fsp3) is 0.600. The van der Waals surface area contributed by atoms with Gasteiger partial charge >= 0.3 is 0 Å². The van der Waals surface area contributed by atoms with Crippen LogP contribution < -0.4 is 0 Å². The van der Waals surface area contributed by atoms with Crippen molar-refractivity contribution in [1.29, 1.82) is 0 Å². The van der Waals surface area contributed by atoms with Crippen LogP contribution >= 0.6 is 0 Å². The second-order valence-electron chi connectivity index (χ2n) is 5.05. The molecule has 100 valence electrons. The first kappa shape index (κ1) is 13.5. The van der Waals surface area contributed by atoms with Gasteiger partial charge in [0.05, 0.1) is 12.2 Å². The van der Waals surface area contributed by atoms with Gasteiger partial charge in [0.2, 0.25) is 0 Å². The first-order valence-corrected chi connectivity index (χ1v) is 6.82. The van der Waals surface area contributed by atoms with E-state index in [0.29, 0.717) is 6.10 Å². The van der Waals surface area contributed by atoms with Crippen molar-refractivity contribution in [1.82, 2.24) is 4.90 Å². The van der Waals surface area contributed by atoms with E-state index in [1.54, 1.807) is 0 Å². The predicted molar refractivity (Wildman–Crippen MR) is 72.5 cm³/mol. The van der Waals surface area contributed by atoms with Crippen molar-refractivity contribution in [2.75, 3.05) is 26.2 Å². The summed E-state index contributed by atoms with van der Waals surface area (Å²) in [7, 11) is 0. The summed E-state index contributed by atoms with van der Waals surface area (Å²) in [5, 5.41) is 10.1. The van der Waals surface area contributed by atoms with E-state index in [4.69, 9.17) is 4.74 Å². The fourth-order valence-corrected chi connectivity index (χ4v) is 2.43. The Morgan fingerprint density at radius 2 is 2.17 bits per heavy atom. The topological polar surface area (TPSA) is 32.7 Å². The molecule has 1 fully saturated rings. The van der Waals surface area contributed by atoms with Gasteiger partial charge in [-0.15, -0.1) is 0 Å². The van der Waals surface area contributed by atoms with E-state index in [9.17, 15) is 5.11 Å². The molecule has 3 heteroatoms. The number of rotatable bonds is 4. The third-order valence-electron chi connectivity index (χ3n) is 3.44. The molecule has 2 unspecified atom stereocenters. The van der Waals surface area contributed by atoms with E-state index in [0.717, 1.165) is 44.6 Å². The summed E-state index contributed by atoms with van der Waals surface area (Å²) in [4.78, 5) is 2.39. The minimum absolute atomic E-state index is 0.307. The van der Waals surface area contributed by atoms with Gasteiger partial charge in [-0.3, -0.25) is 0 Å². The minimum Gasteiger partial charge on any atom is -0.388 e. The van der Waals surface area contributed by atoms with E-state index in [-0.39, 0.29) is 6.10 Å². The minimum atomic E-state index is -0.356. The summed E-state index contributed by atoms with van der Waals surface area (Å²) in [6.07, 6.45) is 1.83. The third-order valence-corrected chi connectivity index (χ3v) is 3.44. The maximum Gasteiger partial charge on any atom is 0.0802 e. The average Bonchev–Trinajstić information content (AvgIpc) is 2.61. The van der Waals surface area contributed by atoms with Crippen LogP contribution in [0, 0.1) is 0 Å². The second-order valence-corrected chi connectivity index (χ2v) is 5.05. The van der Waals surface area contributed by atoms with Gasteiger partial charge in [-0.1, -0.05) is 30.3 Å². The predicted octanol–water partition coefficient (Wildman–Crippen LogP) is 2.22. The number of hydrogen-bond donors (Lipinski definition) is 1. The van der Waals surface area contributed by atoms with E-state index in [1.807, 2.05) is 30.3 Å². The van der Waals surface area contributed by atoms with Gasteiger partial charge in [0.25, 0.3) is 0 Å². The summed E-state index contributed by atoms with van der Waals surface area (Å²) >= 11 is 0. The SMILES string of the molecule is CC1CN(CCC(O)c2ccccc2)CCCO1. The summed E-state index contributed by atoms with van der Waals surface area (Å²) in [5.74, 6) is 0. The molecule has 1 aliphatic rings. The van der Waals surface area contributed by atoms with Crippen LogP contribution in [0.4, 0.5) is 0 Å². The normalized spacial score (nSPS) is 23.6. The molecule has 1 N–H and O–H groups in total. The van der Waals surface area contributed by atoms with Crippen LogP contribution in [-0.2, 0) is 4.74 Å². The Kier molecular flexibility index (Phi) is 5.17. The van der Waals surface area contributed by atoms with Crippen LogP contribution in [0.3, 0.4) is 0 Å². The number of ether oxygens (including phenoxy) is 1. The van der Waals surface area contributed by atoms with E-state index in [1.165, 1.54) is 0 Å². The number of aliphatic hydroxyl groups excluding tert-OH is 1. The van der Waals surface area contributed by atoms with E-state index in [2.05, 4.69) is 11.8 Å². The molecule has 1 saturated heterocycles. The smallest absolute Gasteiger partial charge is 0.0802 e. The number of hydrogen-bond acceptors (Lipinski definition) is 3. The molecule has 0 spiro atoms. The summed E-state index contributed by atoms with van der Waals surface area (Å²) in [6, 6.07) is 9.89. The Labute approximate surface area is 109 Å². The van der Waals surface area contributed by atoms with Gasteiger partial charge < -0.3 is 14.7 Å². The zero-order chi connectivity index (χ0) is 12.8. The molecule has 0 saturated carbocycles. The molecule has 18 heavy (non-hydrogen) atoms. The highest BCUT2D eigenvalue weighted by atomic mass is 16.5. The largest absolute Gasteiger partial charge is 0.388 e. The van der Waals surface area contributed by atoms with Crippen molar-refractivity contribution in [3.8, 4) is 0 Å². The molecule has 0 amide bonds. The Balaban J connectivity index is 1.80.